The van der Waals surface area contributed by atoms with E-state index in [0.717, 1.165) is 18.2 Å². The highest BCUT2D eigenvalue weighted by molar-refractivity contribution is 7.86. The largest absolute Gasteiger partial charge is 0.383 e. The van der Waals surface area contributed by atoms with Crippen LogP contribution in [0.5, 0.6) is 5.75 Å². The average molecular weight is 411 g/mol. The van der Waals surface area contributed by atoms with Crippen LogP contribution in [-0.2, 0) is 16.7 Å². The predicted molar refractivity (Wildman–Crippen MR) is 108 cm³/mol. The molecule has 0 saturated carbocycles. The van der Waals surface area contributed by atoms with E-state index >= 15 is 0 Å². The number of amides is 2. The summed E-state index contributed by atoms with van der Waals surface area (Å²) in [5.41, 5.74) is 1.48. The van der Waals surface area contributed by atoms with Crippen LogP contribution in [0.4, 0.5) is 10.5 Å². The van der Waals surface area contributed by atoms with Gasteiger partial charge in [0, 0.05) is 23.3 Å². The number of urea groups is 1. The van der Waals surface area contributed by atoms with Gasteiger partial charge in [0.15, 0.2) is 0 Å². The number of carbonyl (C=O) groups is 1. The third kappa shape index (κ3) is 6.77. The Morgan fingerprint density at radius 1 is 1.22 bits per heavy atom. The number of halogens is 1. The summed E-state index contributed by atoms with van der Waals surface area (Å²) in [6.07, 6.45) is 1.78. The van der Waals surface area contributed by atoms with Gasteiger partial charge in [-0.2, -0.15) is 8.42 Å². The Morgan fingerprint density at radius 2 is 1.89 bits per heavy atom. The third-order valence-electron chi connectivity index (χ3n) is 3.98. The quantitative estimate of drug-likeness (QED) is 0.681. The molecule has 2 aromatic rings. The molecule has 1 N–H and O–H groups in total. The molecule has 1 atom stereocenters. The van der Waals surface area contributed by atoms with Gasteiger partial charge in [0.05, 0.1) is 6.26 Å². The van der Waals surface area contributed by atoms with Crippen molar-refractivity contribution in [1.29, 1.82) is 0 Å². The molecular weight excluding hydrogens is 388 g/mol. The number of hydrogen-bond acceptors (Lipinski definition) is 4. The summed E-state index contributed by atoms with van der Waals surface area (Å²) in [7, 11) is -3.57. The summed E-state index contributed by atoms with van der Waals surface area (Å²) >= 11 is 5.97. The van der Waals surface area contributed by atoms with E-state index in [2.05, 4.69) is 5.32 Å². The van der Waals surface area contributed by atoms with Gasteiger partial charge in [-0.25, -0.2) is 4.79 Å². The topological polar surface area (TPSA) is 75.7 Å². The van der Waals surface area contributed by atoms with Crippen LogP contribution in [0.2, 0.25) is 5.02 Å². The zero-order valence-electron chi connectivity index (χ0n) is 15.5. The lowest BCUT2D eigenvalue weighted by Gasteiger charge is -2.29. The molecule has 2 rings (SSSR count). The summed E-state index contributed by atoms with van der Waals surface area (Å²) in [4.78, 5) is 14.5. The van der Waals surface area contributed by atoms with Crippen LogP contribution in [0.25, 0.3) is 0 Å². The first-order valence-electron chi connectivity index (χ1n) is 8.49. The van der Waals surface area contributed by atoms with Crippen molar-refractivity contribution in [3.8, 4) is 5.75 Å². The molecule has 0 aliphatic heterocycles. The zero-order chi connectivity index (χ0) is 20.0. The number of nitrogens with one attached hydrogen (secondary N) is 1. The van der Waals surface area contributed by atoms with Crippen LogP contribution < -0.4 is 9.50 Å². The van der Waals surface area contributed by atoms with Gasteiger partial charge in [0.2, 0.25) is 0 Å². The Hall–Kier alpha value is -2.25. The predicted octanol–water partition coefficient (Wildman–Crippen LogP) is 4.51. The van der Waals surface area contributed by atoms with Gasteiger partial charge in [-0.05, 0) is 49.2 Å². The lowest BCUT2D eigenvalue weighted by Crippen LogP contribution is -2.40. The molecule has 6 nitrogen and oxygen atoms in total. The number of rotatable bonds is 7. The van der Waals surface area contributed by atoms with Gasteiger partial charge in [-0.3, -0.25) is 0 Å². The number of nitrogens with zero attached hydrogens (tertiary/aromatic N) is 1. The molecule has 0 aromatic heterocycles. The summed E-state index contributed by atoms with van der Waals surface area (Å²) < 4.78 is 27.2. The first kappa shape index (κ1) is 21.1. The van der Waals surface area contributed by atoms with Crippen molar-refractivity contribution in [2.24, 2.45) is 0 Å². The molecule has 0 unspecified atom stereocenters. The minimum atomic E-state index is -3.57. The summed E-state index contributed by atoms with van der Waals surface area (Å²) in [6.45, 7) is 4.35. The van der Waals surface area contributed by atoms with Gasteiger partial charge in [0.1, 0.15) is 5.75 Å². The average Bonchev–Trinajstić information content (AvgIpc) is 2.59. The van der Waals surface area contributed by atoms with E-state index in [0.29, 0.717) is 17.3 Å². The molecule has 8 heteroatoms. The lowest BCUT2D eigenvalue weighted by atomic mass is 10.1. The molecule has 0 bridgehead atoms. The molecule has 0 aliphatic carbocycles. The molecule has 146 valence electrons. The second-order valence-electron chi connectivity index (χ2n) is 6.26. The maximum atomic E-state index is 12.8. The fourth-order valence-corrected chi connectivity index (χ4v) is 3.08. The van der Waals surface area contributed by atoms with E-state index in [9.17, 15) is 13.2 Å². The van der Waals surface area contributed by atoms with Crippen LogP contribution in [-0.4, -0.2) is 31.6 Å². The van der Waals surface area contributed by atoms with E-state index in [1.54, 1.807) is 53.4 Å². The number of benzene rings is 2. The molecule has 0 aliphatic rings. The van der Waals surface area contributed by atoms with E-state index in [1.165, 1.54) is 0 Å². The van der Waals surface area contributed by atoms with Crippen molar-refractivity contribution in [1.82, 2.24) is 4.90 Å². The van der Waals surface area contributed by atoms with Crippen LogP contribution in [0.3, 0.4) is 0 Å². The summed E-state index contributed by atoms with van der Waals surface area (Å²) in [6, 6.07) is 13.4. The van der Waals surface area contributed by atoms with Crippen LogP contribution in [0.1, 0.15) is 25.8 Å². The molecule has 0 heterocycles. The summed E-state index contributed by atoms with van der Waals surface area (Å²) in [5, 5.41) is 3.41. The van der Waals surface area contributed by atoms with Crippen molar-refractivity contribution < 1.29 is 17.4 Å². The third-order valence-corrected chi connectivity index (χ3v) is 4.71. The lowest BCUT2D eigenvalue weighted by molar-refractivity contribution is 0.187. The normalized spacial score (nSPS) is 12.3. The second kappa shape index (κ2) is 9.10. The maximum absolute atomic E-state index is 12.8. The van der Waals surface area contributed by atoms with Crippen LogP contribution in [0, 0.1) is 0 Å². The smallest absolute Gasteiger partial charge is 0.322 e. The minimum absolute atomic E-state index is 0.0103. The van der Waals surface area contributed by atoms with Crippen molar-refractivity contribution in [3.05, 3.63) is 59.1 Å². The maximum Gasteiger partial charge on any atom is 0.322 e. The van der Waals surface area contributed by atoms with Gasteiger partial charge in [-0.1, -0.05) is 36.7 Å². The van der Waals surface area contributed by atoms with Crippen LogP contribution >= 0.6 is 11.6 Å². The molecule has 27 heavy (non-hydrogen) atoms. The highest BCUT2D eigenvalue weighted by Crippen LogP contribution is 2.19. The zero-order valence-corrected chi connectivity index (χ0v) is 17.0. The Bertz CT molecular complexity index is 885. The molecular formula is C19H23ClN2O4S. The molecule has 2 aromatic carbocycles. The van der Waals surface area contributed by atoms with Crippen molar-refractivity contribution in [3.63, 3.8) is 0 Å². The molecule has 0 saturated heterocycles. The number of hydrogen-bond donors (Lipinski definition) is 1. The fourth-order valence-electron chi connectivity index (χ4n) is 2.43. The Balaban J connectivity index is 2.13. The van der Waals surface area contributed by atoms with Gasteiger partial charge in [0.25, 0.3) is 0 Å². The van der Waals surface area contributed by atoms with Gasteiger partial charge >= 0.3 is 16.1 Å². The minimum Gasteiger partial charge on any atom is -0.383 e. The highest BCUT2D eigenvalue weighted by Gasteiger charge is 2.19. The number of anilines is 1. The second-order valence-corrected chi connectivity index (χ2v) is 8.27. The highest BCUT2D eigenvalue weighted by atomic mass is 35.5. The molecule has 0 radical (unpaired) electrons. The molecule has 2 amide bonds. The van der Waals surface area contributed by atoms with E-state index < -0.39 is 10.1 Å². The standard InChI is InChI=1S/C19H23ClN2O4S/c1-4-14(2)22(19(23)21-17-7-5-6-16(20)12-17)13-15-8-10-18(11-9-15)26-27(3,24)25/h5-12,14H,4,13H2,1-3H3,(H,21,23)/t14-/m1/s1. The van der Waals surface area contributed by atoms with Crippen molar-refractivity contribution in [2.75, 3.05) is 11.6 Å². The van der Waals surface area contributed by atoms with Crippen molar-refractivity contribution >= 4 is 33.4 Å². The van der Waals surface area contributed by atoms with Gasteiger partial charge in [-0.15, -0.1) is 0 Å². The SMILES string of the molecule is CC[C@@H](C)N(Cc1ccc(OS(C)(=O)=O)cc1)C(=O)Nc1cccc(Cl)c1. The molecule has 0 spiro atoms. The number of carbonyl (C=O) groups excluding carboxylic acids is 1. The first-order chi connectivity index (χ1) is 12.7. The Labute approximate surface area is 165 Å². The van der Waals surface area contributed by atoms with E-state index in [1.807, 2.05) is 13.8 Å². The fraction of sp³-hybridized carbons (Fsp3) is 0.316. The first-order valence-corrected chi connectivity index (χ1v) is 10.7. The summed E-state index contributed by atoms with van der Waals surface area (Å²) in [5.74, 6) is 0.236. The van der Waals surface area contributed by atoms with Crippen LogP contribution in [0.15, 0.2) is 48.5 Å². The Morgan fingerprint density at radius 3 is 2.44 bits per heavy atom. The van der Waals surface area contributed by atoms with E-state index in [4.69, 9.17) is 15.8 Å². The van der Waals surface area contributed by atoms with Gasteiger partial charge < -0.3 is 14.4 Å². The monoisotopic (exact) mass is 410 g/mol. The Kier molecular flexibility index (Phi) is 7.10. The van der Waals surface area contributed by atoms with Crippen molar-refractivity contribution in [2.45, 2.75) is 32.9 Å². The van der Waals surface area contributed by atoms with E-state index in [-0.39, 0.29) is 17.8 Å². The molecule has 0 fully saturated rings.